The lowest BCUT2D eigenvalue weighted by Crippen LogP contribution is -2.50. The molecular weight excluding hydrogens is 618 g/mol. The zero-order chi connectivity index (χ0) is 33.1. The average Bonchev–Trinajstić information content (AvgIpc) is 3.78. The second-order valence-electron chi connectivity index (χ2n) is 14.0. The molecule has 1 saturated carbocycles. The molecule has 12 heteroatoms. The van der Waals surface area contributed by atoms with Crippen molar-refractivity contribution in [2.24, 2.45) is 11.3 Å². The summed E-state index contributed by atoms with van der Waals surface area (Å²) >= 11 is 0. The zero-order valence-electron chi connectivity index (χ0n) is 27.3. The maximum absolute atomic E-state index is 14.2. The monoisotopic (exact) mass is 659 g/mol. The molecular formula is C35H41N5O6S. The molecule has 1 aliphatic carbocycles. The Kier molecular flexibility index (Phi) is 7.88. The molecule has 7 rings (SSSR count). The van der Waals surface area contributed by atoms with Crippen LogP contribution < -0.4 is 4.74 Å². The second-order valence-corrected chi connectivity index (χ2v) is 15.9. The van der Waals surface area contributed by atoms with E-state index < -0.39 is 32.9 Å². The van der Waals surface area contributed by atoms with Crippen molar-refractivity contribution in [2.45, 2.75) is 82.9 Å². The summed E-state index contributed by atoms with van der Waals surface area (Å²) in [5.74, 6) is -0.728. The van der Waals surface area contributed by atoms with Crippen molar-refractivity contribution in [3.05, 3.63) is 76.5 Å². The van der Waals surface area contributed by atoms with Crippen LogP contribution in [-0.4, -0.2) is 69.1 Å². The van der Waals surface area contributed by atoms with E-state index in [0.717, 1.165) is 45.4 Å². The molecule has 4 aromatic rings. The predicted molar refractivity (Wildman–Crippen MR) is 175 cm³/mol. The molecule has 3 aliphatic rings. The minimum absolute atomic E-state index is 0.0423. The van der Waals surface area contributed by atoms with Crippen LogP contribution in [0.1, 0.15) is 73.3 Å². The number of pyridine rings is 1. The summed E-state index contributed by atoms with van der Waals surface area (Å²) < 4.78 is 43.8. The van der Waals surface area contributed by atoms with E-state index in [4.69, 9.17) is 9.47 Å². The summed E-state index contributed by atoms with van der Waals surface area (Å²) in [5, 5.41) is 19.5. The van der Waals surface area contributed by atoms with Gasteiger partial charge in [-0.1, -0.05) is 29.5 Å². The number of aliphatic carboxylic acids is 1. The van der Waals surface area contributed by atoms with Gasteiger partial charge < -0.3 is 14.6 Å². The molecule has 4 heterocycles. The van der Waals surface area contributed by atoms with Crippen molar-refractivity contribution in [3.63, 3.8) is 0 Å². The van der Waals surface area contributed by atoms with Gasteiger partial charge in [0.1, 0.15) is 16.0 Å². The Labute approximate surface area is 274 Å². The van der Waals surface area contributed by atoms with Gasteiger partial charge in [-0.05, 0) is 92.5 Å². The Morgan fingerprint density at radius 2 is 1.89 bits per heavy atom. The molecule has 1 atom stereocenters. The summed E-state index contributed by atoms with van der Waals surface area (Å²) in [6.07, 6.45) is 5.02. The molecule has 1 unspecified atom stereocenters. The van der Waals surface area contributed by atoms with Crippen LogP contribution in [0.2, 0.25) is 0 Å². The smallest absolute Gasteiger partial charge is 0.310 e. The first kappa shape index (κ1) is 31.7. The maximum atomic E-state index is 14.2. The number of hydrogen-bond acceptors (Lipinski definition) is 8. The lowest BCUT2D eigenvalue weighted by atomic mass is 9.69. The van der Waals surface area contributed by atoms with E-state index in [9.17, 15) is 18.3 Å². The molecule has 0 bridgehead atoms. The molecule has 2 aromatic heterocycles. The first-order chi connectivity index (χ1) is 22.4. The van der Waals surface area contributed by atoms with Crippen molar-refractivity contribution in [2.75, 3.05) is 19.8 Å². The van der Waals surface area contributed by atoms with Crippen LogP contribution in [0.3, 0.4) is 0 Å². The second kappa shape index (κ2) is 11.7. The number of benzene rings is 2. The van der Waals surface area contributed by atoms with Crippen molar-refractivity contribution in [3.8, 4) is 5.88 Å². The van der Waals surface area contributed by atoms with E-state index in [2.05, 4.69) is 15.3 Å². The Morgan fingerprint density at radius 1 is 1.13 bits per heavy atom. The van der Waals surface area contributed by atoms with Gasteiger partial charge in [-0.3, -0.25) is 4.79 Å². The largest absolute Gasteiger partial charge is 0.481 e. The number of aryl methyl sites for hydroxylation is 2. The molecule has 1 spiro atoms. The highest BCUT2D eigenvalue weighted by atomic mass is 32.2. The van der Waals surface area contributed by atoms with Crippen LogP contribution in [0.4, 0.5) is 0 Å². The molecule has 1 saturated heterocycles. The molecule has 2 aliphatic heterocycles. The molecule has 0 amide bonds. The van der Waals surface area contributed by atoms with E-state index >= 15 is 0 Å². The van der Waals surface area contributed by atoms with Crippen LogP contribution in [0, 0.1) is 25.2 Å². The first-order valence-corrected chi connectivity index (χ1v) is 17.7. The molecule has 2 fully saturated rings. The molecule has 47 heavy (non-hydrogen) atoms. The van der Waals surface area contributed by atoms with Crippen molar-refractivity contribution in [1.82, 2.24) is 24.3 Å². The highest BCUT2D eigenvalue weighted by molar-refractivity contribution is 7.89. The van der Waals surface area contributed by atoms with Crippen LogP contribution in [-0.2, 0) is 32.6 Å². The molecule has 0 radical (unpaired) electrons. The summed E-state index contributed by atoms with van der Waals surface area (Å²) in [5.41, 5.74) is 3.98. The van der Waals surface area contributed by atoms with Crippen LogP contribution >= 0.6 is 0 Å². The number of nitrogens with zero attached hydrogens (tertiary/aromatic N) is 5. The number of hydrogen-bond donors (Lipinski definition) is 1. The standard InChI is InChI=1S/C35H41N5O6S/c1-22-7-10-25(30(34(3,4)33(41)42)27-11-12-28-31(23(27)2)37-38-40(28)19-24-8-9-24)18-26(22)20-39-21-35(13-16-45-17-14-35)46-32-29(47(39,43)44)6-5-15-36-32/h5-7,10-12,15,18,24,30H,8-9,13-14,16-17,19-21H2,1-4H3,(H,41,42). The third-order valence-corrected chi connectivity index (χ3v) is 12.1. The summed E-state index contributed by atoms with van der Waals surface area (Å²) in [4.78, 5) is 17.2. The highest BCUT2D eigenvalue weighted by Crippen LogP contribution is 2.45. The fourth-order valence-electron chi connectivity index (χ4n) is 7.09. The number of carbonyl (C=O) groups is 1. The Hall–Kier alpha value is -3.87. The lowest BCUT2D eigenvalue weighted by molar-refractivity contribution is -0.147. The molecule has 1 N–H and O–H groups in total. The minimum atomic E-state index is -3.98. The van der Waals surface area contributed by atoms with Crippen LogP contribution in [0.25, 0.3) is 11.0 Å². The number of fused-ring (bicyclic) bond motifs is 2. The normalized spacial score (nSPS) is 20.0. The van der Waals surface area contributed by atoms with Gasteiger partial charge in [0, 0.05) is 38.0 Å². The SMILES string of the molecule is Cc1ccc(C(c2ccc3c(nnn3CC3CC3)c2C)C(C)(C)C(=O)O)cc1CN1CC2(CCOCC2)Oc2ncccc2S1(=O)=O. The topological polar surface area (TPSA) is 137 Å². The van der Waals surface area contributed by atoms with Crippen LogP contribution in [0.15, 0.2) is 53.6 Å². The average molecular weight is 660 g/mol. The number of ether oxygens (including phenoxy) is 2. The van der Waals surface area contributed by atoms with Crippen molar-refractivity contribution >= 4 is 27.0 Å². The van der Waals surface area contributed by atoms with E-state index in [-0.39, 0.29) is 23.9 Å². The van der Waals surface area contributed by atoms with Gasteiger partial charge in [0.25, 0.3) is 0 Å². The van der Waals surface area contributed by atoms with Crippen LogP contribution in [0.5, 0.6) is 5.88 Å². The lowest BCUT2D eigenvalue weighted by Gasteiger charge is -2.38. The number of carboxylic acids is 1. The molecule has 248 valence electrons. The minimum Gasteiger partial charge on any atom is -0.481 e. The fraction of sp³-hybridized carbons (Fsp3) is 0.486. The quantitative estimate of drug-likeness (QED) is 0.270. The zero-order valence-corrected chi connectivity index (χ0v) is 28.1. The van der Waals surface area contributed by atoms with Gasteiger partial charge in [0.05, 0.1) is 30.7 Å². The first-order valence-electron chi connectivity index (χ1n) is 16.3. The molecule has 2 aromatic carbocycles. The number of aromatic nitrogens is 4. The third-order valence-electron chi connectivity index (χ3n) is 10.3. The van der Waals surface area contributed by atoms with Gasteiger partial charge in [-0.15, -0.1) is 5.10 Å². The van der Waals surface area contributed by atoms with Crippen molar-refractivity contribution < 1.29 is 27.8 Å². The van der Waals surface area contributed by atoms with E-state index in [1.54, 1.807) is 26.1 Å². The predicted octanol–water partition coefficient (Wildman–Crippen LogP) is 5.23. The van der Waals surface area contributed by atoms with Gasteiger partial charge in [-0.2, -0.15) is 4.31 Å². The van der Waals surface area contributed by atoms with Gasteiger partial charge in [0.2, 0.25) is 15.9 Å². The fourth-order valence-corrected chi connectivity index (χ4v) is 8.65. The number of sulfonamides is 1. The molecule has 11 nitrogen and oxygen atoms in total. The third kappa shape index (κ3) is 5.70. The number of carboxylic acid groups (broad SMARTS) is 1. The Balaban J connectivity index is 1.30. The van der Waals surface area contributed by atoms with E-state index in [0.29, 0.717) is 32.0 Å². The van der Waals surface area contributed by atoms with E-state index in [1.807, 2.05) is 48.9 Å². The summed E-state index contributed by atoms with van der Waals surface area (Å²) in [6, 6.07) is 13.0. The van der Waals surface area contributed by atoms with Gasteiger partial charge in [0.15, 0.2) is 0 Å². The maximum Gasteiger partial charge on any atom is 0.310 e. The summed E-state index contributed by atoms with van der Waals surface area (Å²) in [6.45, 7) is 9.42. The van der Waals surface area contributed by atoms with Gasteiger partial charge in [-0.25, -0.2) is 18.1 Å². The number of rotatable bonds is 8. The van der Waals surface area contributed by atoms with E-state index in [1.165, 1.54) is 23.2 Å². The Bertz CT molecular complexity index is 1960. The highest BCUT2D eigenvalue weighted by Gasteiger charge is 2.46. The van der Waals surface area contributed by atoms with Gasteiger partial charge >= 0.3 is 5.97 Å². The summed E-state index contributed by atoms with van der Waals surface area (Å²) in [7, 11) is -3.98. The van der Waals surface area contributed by atoms with Crippen molar-refractivity contribution in [1.29, 1.82) is 0 Å². The Morgan fingerprint density at radius 3 is 2.62 bits per heavy atom.